The second kappa shape index (κ2) is 5.77. The van der Waals surface area contributed by atoms with Crippen molar-refractivity contribution in [2.45, 2.75) is 26.8 Å². The third-order valence-corrected chi connectivity index (χ3v) is 2.74. The Morgan fingerprint density at radius 2 is 2.20 bits per heavy atom. The van der Waals surface area contributed by atoms with E-state index < -0.39 is 11.8 Å². The lowest BCUT2D eigenvalue weighted by Crippen LogP contribution is -2.12. The summed E-state index contributed by atoms with van der Waals surface area (Å²) in [6.07, 6.45) is 3.17. The highest BCUT2D eigenvalue weighted by Gasteiger charge is 2.19. The fourth-order valence-electron chi connectivity index (χ4n) is 1.93. The van der Waals surface area contributed by atoms with Crippen molar-refractivity contribution in [3.05, 3.63) is 41.2 Å². The highest BCUT2D eigenvalue weighted by molar-refractivity contribution is 5.86. The molecule has 1 N–H and O–H groups in total. The largest absolute Gasteiger partial charge is 0.476 e. The zero-order valence-corrected chi connectivity index (χ0v) is 11.2. The number of carboxylic acids is 1. The average Bonchev–Trinajstić information content (AvgIpc) is 2.72. The standard InChI is InChI=1S/C13H15FN4O2/c1-8(2)3-11-12(13(19)20)16-17-18(11)7-9-4-10(14)6-15-5-9/h4-6,8H,3,7H2,1-2H3,(H,19,20). The van der Waals surface area contributed by atoms with E-state index in [-0.39, 0.29) is 18.2 Å². The van der Waals surface area contributed by atoms with Crippen LogP contribution in [0.15, 0.2) is 18.5 Å². The van der Waals surface area contributed by atoms with Gasteiger partial charge in [-0.1, -0.05) is 19.1 Å². The molecular weight excluding hydrogens is 263 g/mol. The molecule has 0 unspecified atom stereocenters. The maximum Gasteiger partial charge on any atom is 0.358 e. The van der Waals surface area contributed by atoms with Gasteiger partial charge in [-0.2, -0.15) is 0 Å². The smallest absolute Gasteiger partial charge is 0.358 e. The lowest BCUT2D eigenvalue weighted by atomic mass is 10.1. The van der Waals surface area contributed by atoms with Gasteiger partial charge in [0.25, 0.3) is 0 Å². The quantitative estimate of drug-likeness (QED) is 0.901. The Bertz CT molecular complexity index is 625. The van der Waals surface area contributed by atoms with Crippen molar-refractivity contribution < 1.29 is 14.3 Å². The molecule has 2 aromatic heterocycles. The molecule has 0 atom stereocenters. The van der Waals surface area contributed by atoms with E-state index in [1.54, 1.807) is 0 Å². The summed E-state index contributed by atoms with van der Waals surface area (Å²) >= 11 is 0. The number of aromatic carboxylic acids is 1. The third-order valence-electron chi connectivity index (χ3n) is 2.74. The third kappa shape index (κ3) is 3.17. The van der Waals surface area contributed by atoms with Crippen molar-refractivity contribution in [3.8, 4) is 0 Å². The second-order valence-electron chi connectivity index (χ2n) is 4.96. The molecule has 2 rings (SSSR count). The number of halogens is 1. The average molecular weight is 278 g/mol. The highest BCUT2D eigenvalue weighted by Crippen LogP contribution is 2.14. The number of hydrogen-bond donors (Lipinski definition) is 1. The number of carboxylic acid groups (broad SMARTS) is 1. The van der Waals surface area contributed by atoms with E-state index >= 15 is 0 Å². The Balaban J connectivity index is 2.33. The van der Waals surface area contributed by atoms with Gasteiger partial charge in [0, 0.05) is 6.20 Å². The molecule has 0 aliphatic rings. The molecule has 0 fully saturated rings. The van der Waals surface area contributed by atoms with Crippen molar-refractivity contribution >= 4 is 5.97 Å². The topological polar surface area (TPSA) is 80.9 Å². The minimum Gasteiger partial charge on any atom is -0.476 e. The predicted molar refractivity (Wildman–Crippen MR) is 68.8 cm³/mol. The Hall–Kier alpha value is -2.31. The van der Waals surface area contributed by atoms with Crippen LogP contribution in [0.5, 0.6) is 0 Å². The monoisotopic (exact) mass is 278 g/mol. The molecule has 106 valence electrons. The second-order valence-corrected chi connectivity index (χ2v) is 4.96. The molecule has 0 saturated carbocycles. The lowest BCUT2D eigenvalue weighted by molar-refractivity contribution is 0.0689. The van der Waals surface area contributed by atoms with Crippen LogP contribution in [0.2, 0.25) is 0 Å². The van der Waals surface area contributed by atoms with Gasteiger partial charge in [0.2, 0.25) is 0 Å². The van der Waals surface area contributed by atoms with Crippen LogP contribution in [-0.2, 0) is 13.0 Å². The molecule has 2 aromatic rings. The van der Waals surface area contributed by atoms with E-state index in [9.17, 15) is 9.18 Å². The summed E-state index contributed by atoms with van der Waals surface area (Å²) < 4.78 is 14.6. The summed E-state index contributed by atoms with van der Waals surface area (Å²) in [5.41, 5.74) is 1.09. The van der Waals surface area contributed by atoms with Gasteiger partial charge in [0.15, 0.2) is 5.69 Å². The van der Waals surface area contributed by atoms with Gasteiger partial charge in [-0.3, -0.25) is 4.98 Å². The number of nitrogens with zero attached hydrogens (tertiary/aromatic N) is 4. The van der Waals surface area contributed by atoms with E-state index in [0.717, 1.165) is 6.20 Å². The van der Waals surface area contributed by atoms with E-state index in [1.807, 2.05) is 13.8 Å². The molecular formula is C13H15FN4O2. The minimum atomic E-state index is -1.11. The normalized spacial score (nSPS) is 11.0. The summed E-state index contributed by atoms with van der Waals surface area (Å²) in [4.78, 5) is 14.9. The zero-order chi connectivity index (χ0) is 14.7. The number of rotatable bonds is 5. The Kier molecular flexibility index (Phi) is 4.07. The Labute approximate surface area is 115 Å². The molecule has 0 radical (unpaired) electrons. The van der Waals surface area contributed by atoms with Gasteiger partial charge >= 0.3 is 5.97 Å². The van der Waals surface area contributed by atoms with Crippen LogP contribution >= 0.6 is 0 Å². The van der Waals surface area contributed by atoms with Crippen LogP contribution in [-0.4, -0.2) is 31.1 Å². The summed E-state index contributed by atoms with van der Waals surface area (Å²) in [5.74, 6) is -1.29. The Morgan fingerprint density at radius 1 is 1.45 bits per heavy atom. The molecule has 2 heterocycles. The van der Waals surface area contributed by atoms with Crippen LogP contribution in [0.1, 0.15) is 35.6 Å². The first-order chi connectivity index (χ1) is 9.47. The maximum atomic E-state index is 13.1. The molecule has 0 aliphatic heterocycles. The van der Waals surface area contributed by atoms with Crippen molar-refractivity contribution in [1.82, 2.24) is 20.0 Å². The molecule has 0 spiro atoms. The number of hydrogen-bond acceptors (Lipinski definition) is 4. The van der Waals surface area contributed by atoms with Crippen LogP contribution in [0.4, 0.5) is 4.39 Å². The van der Waals surface area contributed by atoms with E-state index in [2.05, 4.69) is 15.3 Å². The molecule has 6 nitrogen and oxygen atoms in total. The van der Waals surface area contributed by atoms with E-state index in [0.29, 0.717) is 17.7 Å². The number of pyridine rings is 1. The highest BCUT2D eigenvalue weighted by atomic mass is 19.1. The summed E-state index contributed by atoms with van der Waals surface area (Å²) in [6, 6.07) is 1.34. The van der Waals surface area contributed by atoms with Gasteiger partial charge in [0.1, 0.15) is 5.82 Å². The van der Waals surface area contributed by atoms with Gasteiger partial charge in [-0.25, -0.2) is 13.9 Å². The van der Waals surface area contributed by atoms with Gasteiger partial charge < -0.3 is 5.11 Å². The molecule has 0 amide bonds. The number of carbonyl (C=O) groups is 1. The summed E-state index contributed by atoms with van der Waals surface area (Å²) in [5, 5.41) is 16.7. The molecule has 0 aromatic carbocycles. The predicted octanol–water partition coefficient (Wildman–Crippen LogP) is 1.76. The molecule has 20 heavy (non-hydrogen) atoms. The zero-order valence-electron chi connectivity index (χ0n) is 11.2. The maximum absolute atomic E-state index is 13.1. The van der Waals surface area contributed by atoms with Crippen molar-refractivity contribution in [1.29, 1.82) is 0 Å². The molecule has 0 saturated heterocycles. The van der Waals surface area contributed by atoms with E-state index in [4.69, 9.17) is 5.11 Å². The fraction of sp³-hybridized carbons (Fsp3) is 0.385. The SMILES string of the molecule is CC(C)Cc1c(C(=O)O)nnn1Cc1cncc(F)c1. The molecule has 7 heteroatoms. The van der Waals surface area contributed by atoms with Crippen LogP contribution in [0, 0.1) is 11.7 Å². The summed E-state index contributed by atoms with van der Waals surface area (Å²) in [6.45, 7) is 4.20. The lowest BCUT2D eigenvalue weighted by Gasteiger charge is -2.09. The summed E-state index contributed by atoms with van der Waals surface area (Å²) in [7, 11) is 0. The first kappa shape index (κ1) is 14.1. The fourth-order valence-corrected chi connectivity index (χ4v) is 1.93. The van der Waals surface area contributed by atoms with Gasteiger partial charge in [0.05, 0.1) is 18.4 Å². The Morgan fingerprint density at radius 3 is 2.80 bits per heavy atom. The van der Waals surface area contributed by atoms with Crippen LogP contribution < -0.4 is 0 Å². The van der Waals surface area contributed by atoms with Gasteiger partial charge in [-0.15, -0.1) is 5.10 Å². The number of aromatic nitrogens is 4. The molecule has 0 aliphatic carbocycles. The first-order valence-corrected chi connectivity index (χ1v) is 6.22. The van der Waals surface area contributed by atoms with Crippen LogP contribution in [0.3, 0.4) is 0 Å². The van der Waals surface area contributed by atoms with Crippen molar-refractivity contribution in [2.24, 2.45) is 5.92 Å². The van der Waals surface area contributed by atoms with E-state index in [1.165, 1.54) is 16.9 Å². The molecule has 0 bridgehead atoms. The first-order valence-electron chi connectivity index (χ1n) is 6.22. The van der Waals surface area contributed by atoms with Crippen molar-refractivity contribution in [2.75, 3.05) is 0 Å². The van der Waals surface area contributed by atoms with Crippen molar-refractivity contribution in [3.63, 3.8) is 0 Å². The van der Waals surface area contributed by atoms with Gasteiger partial charge in [-0.05, 0) is 24.0 Å². The van der Waals surface area contributed by atoms with Crippen LogP contribution in [0.25, 0.3) is 0 Å². The minimum absolute atomic E-state index is 0.0527.